The van der Waals surface area contributed by atoms with Gasteiger partial charge in [0.2, 0.25) is 0 Å². The van der Waals surface area contributed by atoms with Crippen LogP contribution in [0.25, 0.3) is 0 Å². The molecular formula is C9H6BrNO2. The largest absolute Gasteiger partial charge is 0.425 e. The van der Waals surface area contributed by atoms with E-state index in [0.717, 1.165) is 4.47 Å². The predicted molar refractivity (Wildman–Crippen MR) is 50.2 cm³/mol. The molecule has 0 aliphatic carbocycles. The Morgan fingerprint density at radius 3 is 2.85 bits per heavy atom. The second-order valence-corrected chi connectivity index (χ2v) is 3.26. The molecule has 0 amide bonds. The summed E-state index contributed by atoms with van der Waals surface area (Å²) in [5.74, 6) is -0.142. The lowest BCUT2D eigenvalue weighted by Crippen LogP contribution is -2.02. The van der Waals surface area contributed by atoms with Crippen molar-refractivity contribution in [1.29, 1.82) is 5.26 Å². The summed E-state index contributed by atoms with van der Waals surface area (Å²) in [6.07, 6.45) is 0. The van der Waals surface area contributed by atoms with E-state index >= 15 is 0 Å². The summed E-state index contributed by atoms with van der Waals surface area (Å²) in [5.41, 5.74) is 0.338. The monoisotopic (exact) mass is 239 g/mol. The number of ether oxygens (including phenoxy) is 1. The highest BCUT2D eigenvalue weighted by Crippen LogP contribution is 2.22. The van der Waals surface area contributed by atoms with Crippen molar-refractivity contribution < 1.29 is 9.53 Å². The first-order chi connectivity index (χ1) is 6.13. The van der Waals surface area contributed by atoms with Crippen LogP contribution in [0.2, 0.25) is 0 Å². The van der Waals surface area contributed by atoms with E-state index in [1.165, 1.54) is 6.92 Å². The third kappa shape index (κ3) is 2.56. The summed E-state index contributed by atoms with van der Waals surface area (Å²) in [6.45, 7) is 1.29. The van der Waals surface area contributed by atoms with Gasteiger partial charge in [-0.05, 0) is 18.2 Å². The van der Waals surface area contributed by atoms with Gasteiger partial charge in [-0.25, -0.2) is 0 Å². The molecule has 0 fully saturated rings. The molecule has 1 aromatic carbocycles. The normalized spacial score (nSPS) is 9.00. The van der Waals surface area contributed by atoms with Crippen molar-refractivity contribution in [2.75, 3.05) is 0 Å². The first-order valence-corrected chi connectivity index (χ1v) is 4.31. The summed E-state index contributed by atoms with van der Waals surface area (Å²) in [6, 6.07) is 6.81. The maximum absolute atomic E-state index is 10.6. The molecule has 0 radical (unpaired) electrons. The lowest BCUT2D eigenvalue weighted by atomic mass is 10.2. The Labute approximate surface area is 84.1 Å². The Bertz CT molecular complexity index is 382. The van der Waals surface area contributed by atoms with E-state index in [1.807, 2.05) is 6.07 Å². The van der Waals surface area contributed by atoms with Crippen LogP contribution in [0.3, 0.4) is 0 Å². The smallest absolute Gasteiger partial charge is 0.308 e. The molecule has 0 aromatic heterocycles. The zero-order valence-electron chi connectivity index (χ0n) is 6.87. The molecule has 0 bridgehead atoms. The molecular weight excluding hydrogens is 234 g/mol. The fourth-order valence-corrected chi connectivity index (χ4v) is 1.19. The van der Waals surface area contributed by atoms with Gasteiger partial charge in [0.25, 0.3) is 0 Å². The zero-order valence-corrected chi connectivity index (χ0v) is 8.46. The van der Waals surface area contributed by atoms with Gasteiger partial charge in [0.1, 0.15) is 11.8 Å². The van der Waals surface area contributed by atoms with Crippen molar-refractivity contribution in [3.63, 3.8) is 0 Å². The van der Waals surface area contributed by atoms with Gasteiger partial charge < -0.3 is 4.74 Å². The highest BCUT2D eigenvalue weighted by Gasteiger charge is 2.05. The van der Waals surface area contributed by atoms with Crippen LogP contribution in [0.15, 0.2) is 22.7 Å². The van der Waals surface area contributed by atoms with Crippen LogP contribution < -0.4 is 4.74 Å². The molecule has 0 atom stereocenters. The third-order valence-corrected chi connectivity index (χ3v) is 1.81. The van der Waals surface area contributed by atoms with Crippen molar-refractivity contribution in [2.45, 2.75) is 6.92 Å². The molecule has 0 N–H and O–H groups in total. The summed E-state index contributed by atoms with van der Waals surface area (Å²) in [5, 5.41) is 8.69. The molecule has 0 heterocycles. The minimum atomic E-state index is -0.432. The topological polar surface area (TPSA) is 50.1 Å². The fourth-order valence-electron chi connectivity index (χ4n) is 0.833. The molecule has 13 heavy (non-hydrogen) atoms. The van der Waals surface area contributed by atoms with Crippen molar-refractivity contribution >= 4 is 21.9 Å². The number of hydrogen-bond donors (Lipinski definition) is 0. The number of carbonyl (C=O) groups excluding carboxylic acids is 1. The first-order valence-electron chi connectivity index (χ1n) is 3.51. The number of carbonyl (C=O) groups is 1. The van der Waals surface area contributed by atoms with Crippen LogP contribution in [0, 0.1) is 11.3 Å². The molecule has 3 nitrogen and oxygen atoms in total. The number of esters is 1. The third-order valence-electron chi connectivity index (χ3n) is 1.32. The lowest BCUT2D eigenvalue weighted by molar-refractivity contribution is -0.131. The summed E-state index contributed by atoms with van der Waals surface area (Å²) < 4.78 is 5.59. The molecule has 0 aliphatic heterocycles. The molecule has 1 aromatic rings. The van der Waals surface area contributed by atoms with E-state index in [0.29, 0.717) is 11.3 Å². The van der Waals surface area contributed by atoms with Crippen molar-refractivity contribution in [1.82, 2.24) is 0 Å². The maximum Gasteiger partial charge on any atom is 0.308 e. The summed E-state index contributed by atoms with van der Waals surface area (Å²) >= 11 is 3.21. The van der Waals surface area contributed by atoms with E-state index in [9.17, 15) is 4.79 Å². The van der Waals surface area contributed by atoms with E-state index in [1.54, 1.807) is 18.2 Å². The number of rotatable bonds is 1. The molecule has 4 heteroatoms. The summed E-state index contributed by atoms with van der Waals surface area (Å²) in [7, 11) is 0. The molecule has 1 rings (SSSR count). The van der Waals surface area contributed by atoms with Gasteiger partial charge in [-0.2, -0.15) is 5.26 Å². The molecule has 0 spiro atoms. The molecule has 0 saturated carbocycles. The Kier molecular flexibility index (Phi) is 3.04. The van der Waals surface area contributed by atoms with Crippen molar-refractivity contribution in [3.8, 4) is 11.8 Å². The molecule has 66 valence electrons. The van der Waals surface area contributed by atoms with Crippen LogP contribution in [0.4, 0.5) is 0 Å². The minimum absolute atomic E-state index is 0.290. The van der Waals surface area contributed by atoms with Gasteiger partial charge in [-0.15, -0.1) is 0 Å². The highest BCUT2D eigenvalue weighted by atomic mass is 79.9. The number of nitriles is 1. The Hall–Kier alpha value is -1.34. The number of hydrogen-bond acceptors (Lipinski definition) is 3. The average Bonchev–Trinajstić information content (AvgIpc) is 2.07. The van der Waals surface area contributed by atoms with Gasteiger partial charge in [0.15, 0.2) is 0 Å². The number of benzene rings is 1. The Morgan fingerprint density at radius 1 is 1.62 bits per heavy atom. The fraction of sp³-hybridized carbons (Fsp3) is 0.111. The van der Waals surface area contributed by atoms with Gasteiger partial charge >= 0.3 is 5.97 Å². The quantitative estimate of drug-likeness (QED) is 0.558. The minimum Gasteiger partial charge on any atom is -0.425 e. The number of nitrogens with zero attached hydrogens (tertiary/aromatic N) is 1. The van der Waals surface area contributed by atoms with E-state index in [4.69, 9.17) is 10.00 Å². The first kappa shape index (κ1) is 9.75. The van der Waals surface area contributed by atoms with Crippen molar-refractivity contribution in [3.05, 3.63) is 28.2 Å². The van der Waals surface area contributed by atoms with Crippen molar-refractivity contribution in [2.24, 2.45) is 0 Å². The van der Waals surface area contributed by atoms with Crippen LogP contribution >= 0.6 is 15.9 Å². The van der Waals surface area contributed by atoms with Gasteiger partial charge in [-0.3, -0.25) is 4.79 Å². The van der Waals surface area contributed by atoms with Gasteiger partial charge in [-0.1, -0.05) is 15.9 Å². The van der Waals surface area contributed by atoms with Crippen LogP contribution in [-0.2, 0) is 4.79 Å². The van der Waals surface area contributed by atoms with E-state index < -0.39 is 5.97 Å². The summed E-state index contributed by atoms with van der Waals surface area (Å²) in [4.78, 5) is 10.6. The second-order valence-electron chi connectivity index (χ2n) is 2.35. The van der Waals surface area contributed by atoms with E-state index in [2.05, 4.69) is 15.9 Å². The average molecular weight is 240 g/mol. The van der Waals surface area contributed by atoms with Crippen LogP contribution in [0.1, 0.15) is 12.5 Å². The zero-order chi connectivity index (χ0) is 9.84. The van der Waals surface area contributed by atoms with Gasteiger partial charge in [0, 0.05) is 11.4 Å². The second kappa shape index (κ2) is 4.06. The SMILES string of the molecule is CC(=O)Oc1ccc(Br)cc1C#N. The standard InChI is InChI=1S/C9H6BrNO2/c1-6(12)13-9-3-2-8(10)4-7(9)5-11/h2-4H,1H3. The molecule has 0 saturated heterocycles. The predicted octanol–water partition coefficient (Wildman–Crippen LogP) is 2.25. The van der Waals surface area contributed by atoms with Crippen LogP contribution in [-0.4, -0.2) is 5.97 Å². The maximum atomic E-state index is 10.6. The lowest BCUT2D eigenvalue weighted by Gasteiger charge is -2.02. The Balaban J connectivity index is 3.08. The Morgan fingerprint density at radius 2 is 2.31 bits per heavy atom. The highest BCUT2D eigenvalue weighted by molar-refractivity contribution is 9.10. The van der Waals surface area contributed by atoms with Gasteiger partial charge in [0.05, 0.1) is 5.56 Å². The van der Waals surface area contributed by atoms with E-state index in [-0.39, 0.29) is 0 Å². The molecule has 0 unspecified atom stereocenters. The number of halogens is 1. The molecule has 0 aliphatic rings. The van der Waals surface area contributed by atoms with Crippen LogP contribution in [0.5, 0.6) is 5.75 Å².